The molecule has 2 N–H and O–H groups in total. The van der Waals surface area contributed by atoms with Crippen LogP contribution in [0.1, 0.15) is 18.9 Å². The van der Waals surface area contributed by atoms with Gasteiger partial charge < -0.3 is 15.4 Å². The standard InChI is InChI=1S/C20H19FN2O4S/c1-12(19(25)22-11-13-6-8-14(21)9-7-13)27-18(24)10-17-20(26)23-15-4-2-3-5-16(15)28-17/h2-9,12,17H,10-11H2,1H3,(H,22,25)(H,23,26)/t12-,17-/m0/s1. The third-order valence-corrected chi connectivity index (χ3v) is 5.39. The topological polar surface area (TPSA) is 84.5 Å². The zero-order valence-corrected chi connectivity index (χ0v) is 15.9. The SMILES string of the molecule is C[C@H](OC(=O)C[C@@H]1Sc2ccccc2NC1=O)C(=O)NCc1ccc(F)cc1. The monoisotopic (exact) mass is 402 g/mol. The average Bonchev–Trinajstić information content (AvgIpc) is 2.67. The van der Waals surface area contributed by atoms with Gasteiger partial charge in [0.1, 0.15) is 5.82 Å². The van der Waals surface area contributed by atoms with Crippen LogP contribution < -0.4 is 10.6 Å². The first-order valence-corrected chi connectivity index (χ1v) is 9.58. The molecule has 0 unspecified atom stereocenters. The number of halogens is 1. The first kappa shape index (κ1) is 19.9. The van der Waals surface area contributed by atoms with E-state index in [9.17, 15) is 18.8 Å². The minimum absolute atomic E-state index is 0.138. The van der Waals surface area contributed by atoms with Crippen molar-refractivity contribution in [1.82, 2.24) is 5.32 Å². The summed E-state index contributed by atoms with van der Waals surface area (Å²) in [7, 11) is 0. The quantitative estimate of drug-likeness (QED) is 0.726. The van der Waals surface area contributed by atoms with E-state index in [2.05, 4.69) is 10.6 Å². The highest BCUT2D eigenvalue weighted by atomic mass is 32.2. The Morgan fingerprint density at radius 1 is 1.21 bits per heavy atom. The molecule has 2 aromatic carbocycles. The van der Waals surface area contributed by atoms with E-state index >= 15 is 0 Å². The average molecular weight is 402 g/mol. The minimum atomic E-state index is -1.00. The number of amides is 2. The van der Waals surface area contributed by atoms with Crippen LogP contribution in [0.5, 0.6) is 0 Å². The number of para-hydroxylation sites is 1. The fourth-order valence-electron chi connectivity index (χ4n) is 2.61. The van der Waals surface area contributed by atoms with Gasteiger partial charge in [0, 0.05) is 11.4 Å². The van der Waals surface area contributed by atoms with Crippen LogP contribution >= 0.6 is 11.8 Å². The number of hydrogen-bond acceptors (Lipinski definition) is 5. The molecule has 3 rings (SSSR count). The number of carbonyl (C=O) groups is 3. The number of benzene rings is 2. The first-order valence-electron chi connectivity index (χ1n) is 8.70. The largest absolute Gasteiger partial charge is 0.453 e. The zero-order valence-electron chi connectivity index (χ0n) is 15.1. The van der Waals surface area contributed by atoms with Gasteiger partial charge in [-0.3, -0.25) is 14.4 Å². The summed E-state index contributed by atoms with van der Waals surface area (Å²) >= 11 is 1.29. The molecule has 0 saturated carbocycles. The summed E-state index contributed by atoms with van der Waals surface area (Å²) in [4.78, 5) is 37.3. The van der Waals surface area contributed by atoms with E-state index in [0.717, 1.165) is 16.1 Å². The van der Waals surface area contributed by atoms with Gasteiger partial charge in [0.05, 0.1) is 17.4 Å². The molecule has 1 aliphatic rings. The van der Waals surface area contributed by atoms with E-state index in [1.54, 1.807) is 18.2 Å². The number of hydrogen-bond donors (Lipinski definition) is 2. The van der Waals surface area contributed by atoms with E-state index in [4.69, 9.17) is 4.74 Å². The lowest BCUT2D eigenvalue weighted by atomic mass is 10.2. The van der Waals surface area contributed by atoms with Crippen molar-refractivity contribution < 1.29 is 23.5 Å². The van der Waals surface area contributed by atoms with Crippen molar-refractivity contribution in [2.45, 2.75) is 36.1 Å². The number of esters is 1. The van der Waals surface area contributed by atoms with Gasteiger partial charge in [0.25, 0.3) is 5.91 Å². The van der Waals surface area contributed by atoms with Crippen molar-refractivity contribution in [2.24, 2.45) is 0 Å². The summed E-state index contributed by atoms with van der Waals surface area (Å²) in [6.07, 6.45) is -1.14. The molecule has 0 saturated heterocycles. The van der Waals surface area contributed by atoms with Crippen LogP contribution in [0, 0.1) is 5.82 Å². The molecule has 6 nitrogen and oxygen atoms in total. The van der Waals surface area contributed by atoms with E-state index in [1.165, 1.54) is 30.8 Å². The Labute approximate surface area is 165 Å². The molecule has 0 aromatic heterocycles. The number of carbonyl (C=O) groups excluding carboxylic acids is 3. The molecular weight excluding hydrogens is 383 g/mol. The number of nitrogens with one attached hydrogen (secondary N) is 2. The maximum atomic E-state index is 12.9. The summed E-state index contributed by atoms with van der Waals surface area (Å²) in [5.41, 5.74) is 1.44. The summed E-state index contributed by atoms with van der Waals surface area (Å²) in [6.45, 7) is 1.65. The van der Waals surface area contributed by atoms with Gasteiger partial charge in [0.15, 0.2) is 6.10 Å². The smallest absolute Gasteiger partial charge is 0.308 e. The molecule has 2 atom stereocenters. The molecule has 8 heteroatoms. The highest BCUT2D eigenvalue weighted by molar-refractivity contribution is 8.01. The number of fused-ring (bicyclic) bond motifs is 1. The second-order valence-electron chi connectivity index (χ2n) is 6.27. The molecule has 28 heavy (non-hydrogen) atoms. The van der Waals surface area contributed by atoms with Crippen molar-refractivity contribution >= 4 is 35.2 Å². The van der Waals surface area contributed by atoms with Gasteiger partial charge in [-0.25, -0.2) is 4.39 Å². The van der Waals surface area contributed by atoms with E-state index in [-0.39, 0.29) is 24.7 Å². The summed E-state index contributed by atoms with van der Waals surface area (Å²) < 4.78 is 18.0. The Balaban J connectivity index is 1.48. The van der Waals surface area contributed by atoms with Crippen LogP contribution in [0.4, 0.5) is 10.1 Å². The molecule has 1 heterocycles. The van der Waals surface area contributed by atoms with E-state index in [1.807, 2.05) is 18.2 Å². The second-order valence-corrected chi connectivity index (χ2v) is 7.52. The van der Waals surface area contributed by atoms with Crippen LogP contribution in [0.2, 0.25) is 0 Å². The molecule has 0 aliphatic carbocycles. The Kier molecular flexibility index (Phi) is 6.30. The third kappa shape index (κ3) is 5.10. The Hall–Kier alpha value is -2.87. The maximum Gasteiger partial charge on any atom is 0.308 e. The zero-order chi connectivity index (χ0) is 20.1. The third-order valence-electron chi connectivity index (χ3n) is 4.12. The Morgan fingerprint density at radius 2 is 1.93 bits per heavy atom. The fourth-order valence-corrected chi connectivity index (χ4v) is 3.71. The maximum absolute atomic E-state index is 12.9. The van der Waals surface area contributed by atoms with Crippen molar-refractivity contribution in [3.05, 3.63) is 59.9 Å². The van der Waals surface area contributed by atoms with Crippen LogP contribution in [-0.2, 0) is 25.7 Å². The lowest BCUT2D eigenvalue weighted by molar-refractivity contribution is -0.155. The van der Waals surface area contributed by atoms with Gasteiger partial charge >= 0.3 is 5.97 Å². The lowest BCUT2D eigenvalue weighted by Crippen LogP contribution is -2.37. The van der Waals surface area contributed by atoms with Crippen molar-refractivity contribution in [3.63, 3.8) is 0 Å². The minimum Gasteiger partial charge on any atom is -0.453 e. The van der Waals surface area contributed by atoms with Crippen LogP contribution in [0.15, 0.2) is 53.4 Å². The predicted octanol–water partition coefficient (Wildman–Crippen LogP) is 2.88. The summed E-state index contributed by atoms with van der Waals surface area (Å²) in [5.74, 6) is -1.72. The van der Waals surface area contributed by atoms with Gasteiger partial charge in [-0.15, -0.1) is 11.8 Å². The molecule has 146 valence electrons. The van der Waals surface area contributed by atoms with E-state index in [0.29, 0.717) is 0 Å². The second kappa shape index (κ2) is 8.88. The predicted molar refractivity (Wildman–Crippen MR) is 103 cm³/mol. The van der Waals surface area contributed by atoms with Crippen molar-refractivity contribution in [3.8, 4) is 0 Å². The van der Waals surface area contributed by atoms with Crippen LogP contribution in [0.25, 0.3) is 0 Å². The number of rotatable bonds is 6. The normalized spacial score (nSPS) is 16.5. The molecule has 1 aliphatic heterocycles. The van der Waals surface area contributed by atoms with E-state index < -0.39 is 23.2 Å². The van der Waals surface area contributed by atoms with Gasteiger partial charge in [-0.05, 0) is 36.8 Å². The van der Waals surface area contributed by atoms with Gasteiger partial charge in [-0.2, -0.15) is 0 Å². The van der Waals surface area contributed by atoms with Crippen molar-refractivity contribution in [2.75, 3.05) is 5.32 Å². The molecule has 0 fully saturated rings. The first-order chi connectivity index (χ1) is 13.4. The molecule has 2 amide bonds. The van der Waals surface area contributed by atoms with Crippen LogP contribution in [-0.4, -0.2) is 29.1 Å². The molecule has 2 aromatic rings. The molecule has 0 spiro atoms. The number of anilines is 1. The number of ether oxygens (including phenoxy) is 1. The Bertz CT molecular complexity index is 888. The fraction of sp³-hybridized carbons (Fsp3) is 0.250. The molecule has 0 bridgehead atoms. The highest BCUT2D eigenvalue weighted by Crippen LogP contribution is 2.36. The molecule has 0 radical (unpaired) electrons. The molecular formula is C20H19FN2O4S. The number of thioether (sulfide) groups is 1. The van der Waals surface area contributed by atoms with Crippen LogP contribution in [0.3, 0.4) is 0 Å². The highest BCUT2D eigenvalue weighted by Gasteiger charge is 2.30. The Morgan fingerprint density at radius 3 is 2.68 bits per heavy atom. The van der Waals surface area contributed by atoms with Gasteiger partial charge in [0.2, 0.25) is 5.91 Å². The van der Waals surface area contributed by atoms with Crippen molar-refractivity contribution in [1.29, 1.82) is 0 Å². The lowest BCUT2D eigenvalue weighted by Gasteiger charge is -2.23. The summed E-state index contributed by atoms with van der Waals surface area (Å²) in [5, 5.41) is 4.77. The summed E-state index contributed by atoms with van der Waals surface area (Å²) in [6, 6.07) is 13.1. The van der Waals surface area contributed by atoms with Gasteiger partial charge in [-0.1, -0.05) is 24.3 Å².